The van der Waals surface area contributed by atoms with Gasteiger partial charge < -0.3 is 9.29 Å². The number of ether oxygens (including phenoxy) is 1. The average Bonchev–Trinajstić information content (AvgIpc) is 2.64. The van der Waals surface area contributed by atoms with Crippen LogP contribution in [0.1, 0.15) is 44.9 Å². The molecule has 2 rings (SSSR count). The SMILES string of the molecule is C[C@H](N[S@+]([O-])C(C)(C)C)c1cccc2c1OCC2(F)F. The molecule has 1 aliphatic heterocycles. The highest BCUT2D eigenvalue weighted by molar-refractivity contribution is 7.90. The molecule has 1 aromatic rings. The Labute approximate surface area is 121 Å². The zero-order valence-electron chi connectivity index (χ0n) is 12.0. The van der Waals surface area contributed by atoms with Gasteiger partial charge in [-0.05, 0) is 33.8 Å². The van der Waals surface area contributed by atoms with Gasteiger partial charge in [0.25, 0.3) is 0 Å². The van der Waals surface area contributed by atoms with Gasteiger partial charge in [0, 0.05) is 16.9 Å². The van der Waals surface area contributed by atoms with E-state index in [2.05, 4.69) is 4.72 Å². The lowest BCUT2D eigenvalue weighted by Gasteiger charge is -2.27. The lowest BCUT2D eigenvalue weighted by Crippen LogP contribution is -2.40. The third-order valence-corrected chi connectivity index (χ3v) is 4.82. The van der Waals surface area contributed by atoms with E-state index in [0.29, 0.717) is 5.56 Å². The Morgan fingerprint density at radius 1 is 1.40 bits per heavy atom. The molecule has 3 nitrogen and oxygen atoms in total. The van der Waals surface area contributed by atoms with E-state index in [1.165, 1.54) is 6.07 Å². The summed E-state index contributed by atoms with van der Waals surface area (Å²) in [6.07, 6.45) is 0. The third-order valence-electron chi connectivity index (χ3n) is 3.14. The highest BCUT2D eigenvalue weighted by Crippen LogP contribution is 2.44. The van der Waals surface area contributed by atoms with Crippen LogP contribution in [-0.2, 0) is 17.3 Å². The molecule has 0 spiro atoms. The minimum Gasteiger partial charge on any atom is -0.598 e. The van der Waals surface area contributed by atoms with Gasteiger partial charge in [0.2, 0.25) is 0 Å². The molecule has 112 valence electrons. The molecule has 0 fully saturated rings. The zero-order valence-corrected chi connectivity index (χ0v) is 12.8. The first-order chi connectivity index (χ1) is 9.13. The molecular formula is C14H19F2NO2S. The van der Waals surface area contributed by atoms with E-state index < -0.39 is 28.6 Å². The molecule has 20 heavy (non-hydrogen) atoms. The van der Waals surface area contributed by atoms with Crippen LogP contribution in [-0.4, -0.2) is 15.9 Å². The molecule has 0 saturated heterocycles. The van der Waals surface area contributed by atoms with Gasteiger partial charge in [0.15, 0.2) is 6.61 Å². The predicted molar refractivity (Wildman–Crippen MR) is 75.3 cm³/mol. The summed E-state index contributed by atoms with van der Waals surface area (Å²) in [5.41, 5.74) is 0.516. The third kappa shape index (κ3) is 2.92. The normalized spacial score (nSPS) is 20.1. The van der Waals surface area contributed by atoms with Gasteiger partial charge >= 0.3 is 5.92 Å². The molecule has 0 aliphatic carbocycles. The molecule has 1 heterocycles. The lowest BCUT2D eigenvalue weighted by atomic mass is 10.0. The van der Waals surface area contributed by atoms with E-state index in [-0.39, 0.29) is 17.4 Å². The highest BCUT2D eigenvalue weighted by Gasteiger charge is 2.43. The van der Waals surface area contributed by atoms with Crippen molar-refractivity contribution in [2.45, 2.75) is 44.4 Å². The first-order valence-corrected chi connectivity index (χ1v) is 7.60. The van der Waals surface area contributed by atoms with Crippen molar-refractivity contribution in [3.8, 4) is 5.75 Å². The largest absolute Gasteiger partial charge is 0.598 e. The molecule has 1 aliphatic rings. The van der Waals surface area contributed by atoms with E-state index in [1.807, 2.05) is 20.8 Å². The number of benzene rings is 1. The van der Waals surface area contributed by atoms with Gasteiger partial charge in [0.1, 0.15) is 10.5 Å². The van der Waals surface area contributed by atoms with Crippen LogP contribution >= 0.6 is 0 Å². The summed E-state index contributed by atoms with van der Waals surface area (Å²) in [5, 5.41) is 0. The van der Waals surface area contributed by atoms with E-state index in [9.17, 15) is 13.3 Å². The number of hydrogen-bond acceptors (Lipinski definition) is 3. The van der Waals surface area contributed by atoms with Crippen LogP contribution in [0.4, 0.5) is 8.78 Å². The Balaban J connectivity index is 2.25. The number of para-hydroxylation sites is 1. The van der Waals surface area contributed by atoms with Crippen molar-refractivity contribution in [1.82, 2.24) is 4.72 Å². The number of nitrogens with one attached hydrogen (secondary N) is 1. The van der Waals surface area contributed by atoms with Gasteiger partial charge in [-0.1, -0.05) is 12.1 Å². The topological polar surface area (TPSA) is 44.3 Å². The van der Waals surface area contributed by atoms with Crippen LogP contribution < -0.4 is 9.46 Å². The van der Waals surface area contributed by atoms with Crippen LogP contribution in [0.2, 0.25) is 0 Å². The Kier molecular flexibility index (Phi) is 4.01. The summed E-state index contributed by atoms with van der Waals surface area (Å²) < 4.78 is 47.0. The first kappa shape index (κ1) is 15.5. The van der Waals surface area contributed by atoms with Gasteiger partial charge in [0.05, 0.1) is 11.6 Å². The second-order valence-electron chi connectivity index (χ2n) is 5.94. The minimum atomic E-state index is -2.95. The van der Waals surface area contributed by atoms with E-state index in [1.54, 1.807) is 19.1 Å². The zero-order chi connectivity index (χ0) is 15.1. The Morgan fingerprint density at radius 2 is 2.05 bits per heavy atom. The molecule has 0 saturated carbocycles. The summed E-state index contributed by atoms with van der Waals surface area (Å²) in [5.74, 6) is -2.74. The standard InChI is InChI=1S/C14H19F2NO2S/c1-9(17-20(18)13(2,3)4)10-6-5-7-11-12(10)19-8-14(11,15)16/h5-7,9,17H,8H2,1-4H3/t9-,20+/m0/s1. The van der Waals surface area contributed by atoms with Crippen molar-refractivity contribution in [3.63, 3.8) is 0 Å². The van der Waals surface area contributed by atoms with E-state index in [4.69, 9.17) is 4.74 Å². The van der Waals surface area contributed by atoms with Gasteiger partial charge in [-0.15, -0.1) is 4.72 Å². The van der Waals surface area contributed by atoms with E-state index in [0.717, 1.165) is 0 Å². The Hall–Kier alpha value is -0.850. The molecule has 1 N–H and O–H groups in total. The number of rotatable bonds is 3. The van der Waals surface area contributed by atoms with Crippen molar-refractivity contribution in [3.05, 3.63) is 29.3 Å². The summed E-state index contributed by atoms with van der Waals surface area (Å²) in [4.78, 5) is 0. The molecule has 2 atom stereocenters. The Morgan fingerprint density at radius 3 is 2.65 bits per heavy atom. The molecule has 1 aromatic carbocycles. The maximum absolute atomic E-state index is 13.6. The fourth-order valence-corrected chi connectivity index (χ4v) is 2.79. The fourth-order valence-electron chi connectivity index (χ4n) is 1.99. The van der Waals surface area contributed by atoms with Gasteiger partial charge in [-0.2, -0.15) is 8.78 Å². The summed E-state index contributed by atoms with van der Waals surface area (Å²) in [7, 11) is 0. The molecule has 0 amide bonds. The molecule has 0 aromatic heterocycles. The monoisotopic (exact) mass is 303 g/mol. The first-order valence-electron chi connectivity index (χ1n) is 6.45. The predicted octanol–water partition coefficient (Wildman–Crippen LogP) is 3.28. The second-order valence-corrected chi connectivity index (χ2v) is 7.94. The van der Waals surface area contributed by atoms with Crippen LogP contribution in [0, 0.1) is 0 Å². The number of alkyl halides is 2. The summed E-state index contributed by atoms with van der Waals surface area (Å²) in [6, 6.07) is 4.34. The smallest absolute Gasteiger partial charge is 0.310 e. The van der Waals surface area contributed by atoms with Crippen molar-refractivity contribution in [2.24, 2.45) is 0 Å². The van der Waals surface area contributed by atoms with E-state index >= 15 is 0 Å². The quantitative estimate of drug-likeness (QED) is 0.872. The number of hydrogen-bond donors (Lipinski definition) is 1. The van der Waals surface area contributed by atoms with Crippen LogP contribution in [0.3, 0.4) is 0 Å². The van der Waals surface area contributed by atoms with Crippen LogP contribution in [0.15, 0.2) is 18.2 Å². The van der Waals surface area contributed by atoms with Crippen molar-refractivity contribution >= 4 is 11.4 Å². The second kappa shape index (κ2) is 5.16. The highest BCUT2D eigenvalue weighted by atomic mass is 32.2. The lowest BCUT2D eigenvalue weighted by molar-refractivity contribution is -0.0214. The van der Waals surface area contributed by atoms with Crippen molar-refractivity contribution in [2.75, 3.05) is 6.61 Å². The molecular weight excluding hydrogens is 284 g/mol. The van der Waals surface area contributed by atoms with Gasteiger partial charge in [-0.25, -0.2) is 0 Å². The average molecular weight is 303 g/mol. The fraction of sp³-hybridized carbons (Fsp3) is 0.571. The minimum absolute atomic E-state index is 0.0924. The molecule has 0 radical (unpaired) electrons. The Bertz CT molecular complexity index is 502. The van der Waals surface area contributed by atoms with Crippen LogP contribution in [0.5, 0.6) is 5.75 Å². The molecule has 0 bridgehead atoms. The summed E-state index contributed by atoms with van der Waals surface area (Å²) in [6.45, 7) is 6.71. The van der Waals surface area contributed by atoms with Crippen LogP contribution in [0.25, 0.3) is 0 Å². The van der Waals surface area contributed by atoms with Gasteiger partial charge in [-0.3, -0.25) is 0 Å². The number of fused-ring (bicyclic) bond motifs is 1. The van der Waals surface area contributed by atoms with Crippen molar-refractivity contribution < 1.29 is 18.1 Å². The molecule has 0 unspecified atom stereocenters. The number of halogens is 2. The maximum Gasteiger partial charge on any atom is 0.310 e. The maximum atomic E-state index is 13.6. The summed E-state index contributed by atoms with van der Waals surface area (Å²) >= 11 is -1.28. The van der Waals surface area contributed by atoms with Crippen molar-refractivity contribution in [1.29, 1.82) is 0 Å². The molecule has 6 heteroatoms.